The lowest BCUT2D eigenvalue weighted by Crippen LogP contribution is -2.11. The molecular weight excluding hydrogens is 218 g/mol. The number of hydrogen-bond donors (Lipinski definition) is 1. The van der Waals surface area contributed by atoms with Gasteiger partial charge in [-0.3, -0.25) is 4.79 Å². The number of nitriles is 2. The molecule has 0 aliphatic carbocycles. The molecule has 0 atom stereocenters. The van der Waals surface area contributed by atoms with Crippen LogP contribution in [0.3, 0.4) is 0 Å². The molecule has 1 aromatic carbocycles. The topological polar surface area (TPSA) is 85.9 Å². The number of nitrogens with one attached hydrogen (secondary N) is 1. The van der Waals surface area contributed by atoms with E-state index in [0.29, 0.717) is 23.4 Å². The van der Waals surface area contributed by atoms with Gasteiger partial charge >= 0.3 is 5.97 Å². The zero-order valence-electron chi connectivity index (χ0n) is 9.36. The number of para-hydroxylation sites is 1. The van der Waals surface area contributed by atoms with Crippen LogP contribution in [0.5, 0.6) is 0 Å². The van der Waals surface area contributed by atoms with Crippen LogP contribution in [0.4, 0.5) is 5.69 Å². The van der Waals surface area contributed by atoms with Crippen molar-refractivity contribution in [3.05, 3.63) is 29.3 Å². The zero-order chi connectivity index (χ0) is 12.7. The van der Waals surface area contributed by atoms with E-state index in [0.717, 1.165) is 0 Å². The van der Waals surface area contributed by atoms with Crippen LogP contribution in [0.25, 0.3) is 0 Å². The molecule has 0 radical (unpaired) electrons. The van der Waals surface area contributed by atoms with E-state index < -0.39 is 0 Å². The number of esters is 1. The van der Waals surface area contributed by atoms with Gasteiger partial charge < -0.3 is 10.1 Å². The lowest BCUT2D eigenvalue weighted by Gasteiger charge is -2.08. The summed E-state index contributed by atoms with van der Waals surface area (Å²) in [6.07, 6.45) is 0.182. The Morgan fingerprint density at radius 1 is 1.35 bits per heavy atom. The molecule has 0 spiro atoms. The molecule has 5 heteroatoms. The second-order valence-electron chi connectivity index (χ2n) is 3.20. The molecule has 0 amide bonds. The lowest BCUT2D eigenvalue weighted by molar-refractivity contribution is -0.140. The Bertz CT molecular complexity index is 465. The molecule has 0 bridgehead atoms. The molecule has 17 heavy (non-hydrogen) atoms. The van der Waals surface area contributed by atoms with Crippen molar-refractivity contribution in [1.29, 1.82) is 10.5 Å². The normalized spacial score (nSPS) is 8.88. The van der Waals surface area contributed by atoms with E-state index in [1.807, 2.05) is 12.1 Å². The van der Waals surface area contributed by atoms with Gasteiger partial charge in [0, 0.05) is 6.54 Å². The molecule has 0 aromatic heterocycles. The van der Waals surface area contributed by atoms with E-state index in [1.54, 1.807) is 18.2 Å². The molecule has 0 saturated carbocycles. The number of methoxy groups -OCH3 is 1. The van der Waals surface area contributed by atoms with E-state index in [2.05, 4.69) is 10.1 Å². The van der Waals surface area contributed by atoms with Crippen LogP contribution in [0.15, 0.2) is 18.2 Å². The molecule has 1 rings (SSSR count). The Morgan fingerprint density at radius 2 is 1.94 bits per heavy atom. The highest BCUT2D eigenvalue weighted by molar-refractivity contribution is 5.71. The summed E-state index contributed by atoms with van der Waals surface area (Å²) in [6, 6.07) is 8.85. The predicted octanol–water partition coefficient (Wildman–Crippen LogP) is 1.40. The van der Waals surface area contributed by atoms with Gasteiger partial charge in [0.2, 0.25) is 0 Å². The maximum Gasteiger partial charge on any atom is 0.307 e. The number of ether oxygens (including phenoxy) is 1. The molecule has 0 aliphatic rings. The van der Waals surface area contributed by atoms with Crippen molar-refractivity contribution in [2.45, 2.75) is 6.42 Å². The number of benzene rings is 1. The highest BCUT2D eigenvalue weighted by Crippen LogP contribution is 2.19. The van der Waals surface area contributed by atoms with Gasteiger partial charge in [0.15, 0.2) is 0 Å². The van der Waals surface area contributed by atoms with E-state index in [1.165, 1.54) is 7.11 Å². The average Bonchev–Trinajstić information content (AvgIpc) is 2.38. The summed E-state index contributed by atoms with van der Waals surface area (Å²) in [6.45, 7) is 0.319. The van der Waals surface area contributed by atoms with Crippen molar-refractivity contribution >= 4 is 11.7 Å². The van der Waals surface area contributed by atoms with E-state index in [-0.39, 0.29) is 12.4 Å². The van der Waals surface area contributed by atoms with Crippen LogP contribution in [0.2, 0.25) is 0 Å². The van der Waals surface area contributed by atoms with Gasteiger partial charge in [0.05, 0.1) is 30.3 Å². The summed E-state index contributed by atoms with van der Waals surface area (Å²) in [5.74, 6) is -0.342. The standard InChI is InChI=1S/C12H11N3O2/c1-17-11(16)5-6-15-12-9(7-13)3-2-4-10(12)8-14/h2-4,15H,5-6H2,1H3. The molecule has 1 N–H and O–H groups in total. The molecule has 1 aromatic rings. The Morgan fingerprint density at radius 3 is 2.41 bits per heavy atom. The van der Waals surface area contributed by atoms with Gasteiger partial charge in [-0.15, -0.1) is 0 Å². The molecular formula is C12H11N3O2. The maximum absolute atomic E-state index is 10.9. The third-order valence-electron chi connectivity index (χ3n) is 2.16. The van der Waals surface area contributed by atoms with Crippen LogP contribution >= 0.6 is 0 Å². The largest absolute Gasteiger partial charge is 0.469 e. The number of carbonyl (C=O) groups is 1. The molecule has 86 valence electrons. The van der Waals surface area contributed by atoms with Gasteiger partial charge in [0.25, 0.3) is 0 Å². The van der Waals surface area contributed by atoms with Crippen LogP contribution in [-0.2, 0) is 9.53 Å². The Balaban J connectivity index is 2.80. The minimum Gasteiger partial charge on any atom is -0.469 e. The first kappa shape index (κ1) is 12.5. The number of anilines is 1. The smallest absolute Gasteiger partial charge is 0.307 e. The van der Waals surface area contributed by atoms with E-state index in [4.69, 9.17) is 10.5 Å². The number of rotatable bonds is 4. The summed E-state index contributed by atoms with van der Waals surface area (Å²) in [5.41, 5.74) is 1.23. The minimum atomic E-state index is -0.342. The number of nitrogens with zero attached hydrogens (tertiary/aromatic N) is 2. The summed E-state index contributed by atoms with van der Waals surface area (Å²) in [4.78, 5) is 10.9. The SMILES string of the molecule is COC(=O)CCNc1c(C#N)cccc1C#N. The van der Waals surface area contributed by atoms with E-state index >= 15 is 0 Å². The van der Waals surface area contributed by atoms with Crippen molar-refractivity contribution in [3.63, 3.8) is 0 Å². The minimum absolute atomic E-state index is 0.182. The van der Waals surface area contributed by atoms with Gasteiger partial charge in [0.1, 0.15) is 12.1 Å². The lowest BCUT2D eigenvalue weighted by atomic mass is 10.1. The third kappa shape index (κ3) is 3.22. The fourth-order valence-electron chi connectivity index (χ4n) is 1.32. The highest BCUT2D eigenvalue weighted by Gasteiger charge is 2.08. The third-order valence-corrected chi connectivity index (χ3v) is 2.16. The Labute approximate surface area is 99.2 Å². The second kappa shape index (κ2) is 6.14. The predicted molar refractivity (Wildman–Crippen MR) is 61.0 cm³/mol. The van der Waals surface area contributed by atoms with Gasteiger partial charge in [-0.05, 0) is 12.1 Å². The first-order chi connectivity index (χ1) is 8.22. The monoisotopic (exact) mass is 229 g/mol. The Kier molecular flexibility index (Phi) is 4.53. The fraction of sp³-hybridized carbons (Fsp3) is 0.250. The summed E-state index contributed by atoms with van der Waals surface area (Å²) in [5, 5.41) is 20.7. The van der Waals surface area contributed by atoms with Crippen molar-refractivity contribution < 1.29 is 9.53 Å². The van der Waals surface area contributed by atoms with Crippen LogP contribution in [0.1, 0.15) is 17.5 Å². The molecule has 0 unspecified atom stereocenters. The quantitative estimate of drug-likeness (QED) is 0.789. The van der Waals surface area contributed by atoms with Crippen molar-refractivity contribution in [3.8, 4) is 12.1 Å². The number of hydrogen-bond acceptors (Lipinski definition) is 5. The molecule has 0 fully saturated rings. The summed E-state index contributed by atoms with van der Waals surface area (Å²) in [7, 11) is 1.31. The molecule has 5 nitrogen and oxygen atoms in total. The first-order valence-corrected chi connectivity index (χ1v) is 4.96. The van der Waals surface area contributed by atoms with Crippen LogP contribution in [-0.4, -0.2) is 19.6 Å². The second-order valence-corrected chi connectivity index (χ2v) is 3.20. The van der Waals surface area contributed by atoms with Crippen LogP contribution in [0, 0.1) is 22.7 Å². The molecule has 0 heterocycles. The fourth-order valence-corrected chi connectivity index (χ4v) is 1.32. The van der Waals surface area contributed by atoms with Gasteiger partial charge in [-0.25, -0.2) is 0 Å². The van der Waals surface area contributed by atoms with Crippen molar-refractivity contribution in [1.82, 2.24) is 0 Å². The van der Waals surface area contributed by atoms with Gasteiger partial charge in [-0.1, -0.05) is 6.07 Å². The average molecular weight is 229 g/mol. The molecule has 0 saturated heterocycles. The first-order valence-electron chi connectivity index (χ1n) is 4.96. The van der Waals surface area contributed by atoms with Crippen molar-refractivity contribution in [2.24, 2.45) is 0 Å². The molecule has 0 aliphatic heterocycles. The maximum atomic E-state index is 10.9. The highest BCUT2D eigenvalue weighted by atomic mass is 16.5. The van der Waals surface area contributed by atoms with E-state index in [9.17, 15) is 4.79 Å². The number of carbonyl (C=O) groups excluding carboxylic acids is 1. The Hall–Kier alpha value is -2.53. The summed E-state index contributed by atoms with van der Waals surface area (Å²) >= 11 is 0. The van der Waals surface area contributed by atoms with Gasteiger partial charge in [-0.2, -0.15) is 10.5 Å². The van der Waals surface area contributed by atoms with Crippen LogP contribution < -0.4 is 5.32 Å². The zero-order valence-corrected chi connectivity index (χ0v) is 9.36. The summed E-state index contributed by atoms with van der Waals surface area (Å²) < 4.78 is 4.49. The van der Waals surface area contributed by atoms with Crippen molar-refractivity contribution in [2.75, 3.05) is 19.0 Å².